The van der Waals surface area contributed by atoms with E-state index < -0.39 is 0 Å². The van der Waals surface area contributed by atoms with E-state index in [1.165, 1.54) is 5.56 Å². The topological polar surface area (TPSA) is 38.0 Å². The molecular weight excluding hydrogens is 236 g/mol. The van der Waals surface area contributed by atoms with E-state index in [0.717, 1.165) is 36.1 Å². The summed E-state index contributed by atoms with van der Waals surface area (Å²) in [5, 5.41) is 14.9. The SMILES string of the molecule is CCCCc1nn(CC)c(O)c1-c1ccc(C)cc1. The van der Waals surface area contributed by atoms with E-state index >= 15 is 0 Å². The van der Waals surface area contributed by atoms with Crippen molar-refractivity contribution in [3.8, 4) is 17.0 Å². The zero-order valence-electron chi connectivity index (χ0n) is 12.0. The van der Waals surface area contributed by atoms with Crippen LogP contribution >= 0.6 is 0 Å². The Morgan fingerprint density at radius 2 is 1.84 bits per heavy atom. The number of rotatable bonds is 5. The molecule has 0 radical (unpaired) electrons. The summed E-state index contributed by atoms with van der Waals surface area (Å²) in [6, 6.07) is 8.26. The molecule has 2 aromatic rings. The second-order valence-corrected chi connectivity index (χ2v) is 4.93. The molecule has 3 nitrogen and oxygen atoms in total. The minimum Gasteiger partial charge on any atom is -0.493 e. The quantitative estimate of drug-likeness (QED) is 0.882. The highest BCUT2D eigenvalue weighted by Crippen LogP contribution is 2.33. The van der Waals surface area contributed by atoms with E-state index in [1.807, 2.05) is 6.92 Å². The lowest BCUT2D eigenvalue weighted by Crippen LogP contribution is -1.96. The Morgan fingerprint density at radius 3 is 2.42 bits per heavy atom. The molecule has 1 aromatic carbocycles. The van der Waals surface area contributed by atoms with Crippen LogP contribution in [0.1, 0.15) is 37.9 Å². The molecule has 0 spiro atoms. The molecule has 0 bridgehead atoms. The average Bonchev–Trinajstić information content (AvgIpc) is 2.74. The third-order valence-electron chi connectivity index (χ3n) is 3.41. The average molecular weight is 258 g/mol. The number of aromatic nitrogens is 2. The van der Waals surface area contributed by atoms with E-state index in [2.05, 4.69) is 43.2 Å². The van der Waals surface area contributed by atoms with Crippen molar-refractivity contribution in [3.05, 3.63) is 35.5 Å². The first kappa shape index (κ1) is 13.7. The van der Waals surface area contributed by atoms with Gasteiger partial charge in [-0.1, -0.05) is 43.2 Å². The van der Waals surface area contributed by atoms with Gasteiger partial charge in [0.2, 0.25) is 5.88 Å². The molecule has 0 fully saturated rings. The molecule has 0 aliphatic carbocycles. The monoisotopic (exact) mass is 258 g/mol. The van der Waals surface area contributed by atoms with E-state index in [9.17, 15) is 5.11 Å². The zero-order valence-corrected chi connectivity index (χ0v) is 12.0. The smallest absolute Gasteiger partial charge is 0.217 e. The van der Waals surface area contributed by atoms with Crippen LogP contribution in [-0.2, 0) is 13.0 Å². The fourth-order valence-electron chi connectivity index (χ4n) is 2.26. The lowest BCUT2D eigenvalue weighted by Gasteiger charge is -2.04. The maximum absolute atomic E-state index is 10.3. The molecular formula is C16H22N2O. The van der Waals surface area contributed by atoms with Crippen molar-refractivity contribution in [2.24, 2.45) is 0 Å². The van der Waals surface area contributed by atoms with Gasteiger partial charge >= 0.3 is 0 Å². The number of hydrogen-bond donors (Lipinski definition) is 1. The van der Waals surface area contributed by atoms with E-state index in [0.29, 0.717) is 6.54 Å². The Morgan fingerprint density at radius 1 is 1.16 bits per heavy atom. The second-order valence-electron chi connectivity index (χ2n) is 4.93. The highest BCUT2D eigenvalue weighted by molar-refractivity contribution is 5.71. The molecule has 0 unspecified atom stereocenters. The van der Waals surface area contributed by atoms with Crippen molar-refractivity contribution < 1.29 is 5.11 Å². The van der Waals surface area contributed by atoms with Gasteiger partial charge in [-0.25, -0.2) is 4.68 Å². The van der Waals surface area contributed by atoms with E-state index in [1.54, 1.807) is 4.68 Å². The largest absolute Gasteiger partial charge is 0.493 e. The molecule has 102 valence electrons. The van der Waals surface area contributed by atoms with Crippen LogP contribution in [0.4, 0.5) is 0 Å². The van der Waals surface area contributed by atoms with Crippen LogP contribution in [0.25, 0.3) is 11.1 Å². The molecule has 2 rings (SSSR count). The predicted octanol–water partition coefficient (Wildman–Crippen LogP) is 3.93. The maximum Gasteiger partial charge on any atom is 0.217 e. The van der Waals surface area contributed by atoms with Crippen LogP contribution in [0.15, 0.2) is 24.3 Å². The summed E-state index contributed by atoms with van der Waals surface area (Å²) < 4.78 is 1.68. The Bertz CT molecular complexity index is 541. The van der Waals surface area contributed by atoms with Gasteiger partial charge in [0.1, 0.15) is 0 Å². The fourth-order valence-corrected chi connectivity index (χ4v) is 2.26. The molecule has 1 N–H and O–H groups in total. The van der Waals surface area contributed by atoms with Gasteiger partial charge in [-0.2, -0.15) is 5.10 Å². The van der Waals surface area contributed by atoms with Crippen molar-refractivity contribution in [2.45, 2.75) is 46.6 Å². The van der Waals surface area contributed by atoms with E-state index in [-0.39, 0.29) is 5.88 Å². The molecule has 3 heteroatoms. The van der Waals surface area contributed by atoms with Crippen LogP contribution in [0.5, 0.6) is 5.88 Å². The van der Waals surface area contributed by atoms with E-state index in [4.69, 9.17) is 0 Å². The summed E-state index contributed by atoms with van der Waals surface area (Å²) in [5.41, 5.74) is 4.18. The van der Waals surface area contributed by atoms with Crippen LogP contribution in [-0.4, -0.2) is 14.9 Å². The Hall–Kier alpha value is -1.77. The van der Waals surface area contributed by atoms with Gasteiger partial charge in [-0.3, -0.25) is 0 Å². The molecule has 0 atom stereocenters. The minimum absolute atomic E-state index is 0.289. The normalized spacial score (nSPS) is 10.9. The molecule has 0 saturated heterocycles. The van der Waals surface area contributed by atoms with Gasteiger partial charge in [0, 0.05) is 6.54 Å². The van der Waals surface area contributed by atoms with Gasteiger partial charge in [-0.05, 0) is 32.3 Å². The summed E-state index contributed by atoms with van der Waals surface area (Å²) in [4.78, 5) is 0. The number of aryl methyl sites for hydroxylation is 3. The standard InChI is InChI=1S/C16H22N2O/c1-4-6-7-14-15(16(19)18(5-2)17-14)13-10-8-12(3)9-11-13/h8-11,19H,4-7H2,1-3H3. The van der Waals surface area contributed by atoms with Crippen molar-refractivity contribution in [3.63, 3.8) is 0 Å². The number of aromatic hydroxyl groups is 1. The van der Waals surface area contributed by atoms with Crippen molar-refractivity contribution in [1.29, 1.82) is 0 Å². The minimum atomic E-state index is 0.289. The van der Waals surface area contributed by atoms with Crippen LogP contribution in [0.3, 0.4) is 0 Å². The van der Waals surface area contributed by atoms with Gasteiger partial charge in [0.25, 0.3) is 0 Å². The number of unbranched alkanes of at least 4 members (excludes halogenated alkanes) is 1. The highest BCUT2D eigenvalue weighted by Gasteiger charge is 2.17. The van der Waals surface area contributed by atoms with Gasteiger partial charge in [0.05, 0.1) is 11.3 Å². The van der Waals surface area contributed by atoms with Gasteiger partial charge in [0.15, 0.2) is 0 Å². The predicted molar refractivity (Wildman–Crippen MR) is 78.4 cm³/mol. The Labute approximate surface area is 114 Å². The number of hydrogen-bond acceptors (Lipinski definition) is 2. The number of benzene rings is 1. The number of nitrogens with zero attached hydrogens (tertiary/aromatic N) is 2. The first-order valence-corrected chi connectivity index (χ1v) is 7.03. The van der Waals surface area contributed by atoms with Crippen molar-refractivity contribution in [2.75, 3.05) is 0 Å². The fraction of sp³-hybridized carbons (Fsp3) is 0.438. The van der Waals surface area contributed by atoms with Crippen molar-refractivity contribution >= 4 is 0 Å². The lowest BCUT2D eigenvalue weighted by molar-refractivity contribution is 0.406. The first-order valence-electron chi connectivity index (χ1n) is 7.03. The van der Waals surface area contributed by atoms with Crippen LogP contribution in [0.2, 0.25) is 0 Å². The summed E-state index contributed by atoms with van der Waals surface area (Å²) >= 11 is 0. The van der Waals surface area contributed by atoms with Crippen molar-refractivity contribution in [1.82, 2.24) is 9.78 Å². The van der Waals surface area contributed by atoms with Gasteiger partial charge in [-0.15, -0.1) is 0 Å². The molecule has 1 aromatic heterocycles. The van der Waals surface area contributed by atoms with Gasteiger partial charge < -0.3 is 5.11 Å². The van der Waals surface area contributed by atoms with Crippen LogP contribution < -0.4 is 0 Å². The molecule has 1 heterocycles. The molecule has 0 aliphatic rings. The summed E-state index contributed by atoms with van der Waals surface area (Å²) in [6.07, 6.45) is 3.15. The zero-order chi connectivity index (χ0) is 13.8. The third kappa shape index (κ3) is 2.80. The second kappa shape index (κ2) is 5.91. The Kier molecular flexibility index (Phi) is 4.25. The summed E-state index contributed by atoms with van der Waals surface area (Å²) in [6.45, 7) is 6.92. The third-order valence-corrected chi connectivity index (χ3v) is 3.41. The molecule has 0 saturated carbocycles. The highest BCUT2D eigenvalue weighted by atomic mass is 16.3. The summed E-state index contributed by atoms with van der Waals surface area (Å²) in [7, 11) is 0. The molecule has 19 heavy (non-hydrogen) atoms. The molecule has 0 amide bonds. The lowest BCUT2D eigenvalue weighted by atomic mass is 10.0. The Balaban J connectivity index is 2.46. The summed E-state index contributed by atoms with van der Waals surface area (Å²) in [5.74, 6) is 0.289. The maximum atomic E-state index is 10.3. The molecule has 0 aliphatic heterocycles. The van der Waals surface area contributed by atoms with Crippen LogP contribution in [0, 0.1) is 6.92 Å². The first-order chi connectivity index (χ1) is 9.17.